The minimum atomic E-state index is -1.06. The number of nitrogens with two attached hydrogens (primary N) is 1. The summed E-state index contributed by atoms with van der Waals surface area (Å²) < 4.78 is 1.56. The van der Waals surface area contributed by atoms with E-state index in [0.29, 0.717) is 45.5 Å². The summed E-state index contributed by atoms with van der Waals surface area (Å²) in [7, 11) is 0. The zero-order valence-corrected chi connectivity index (χ0v) is 22.2. The first-order chi connectivity index (χ1) is 18.6. The lowest BCUT2D eigenvalue weighted by Crippen LogP contribution is -2.21. The van der Waals surface area contributed by atoms with Crippen LogP contribution in [0, 0.1) is 6.92 Å². The molecule has 39 heavy (non-hydrogen) atoms. The first-order valence-corrected chi connectivity index (χ1v) is 12.7. The number of fused-ring (bicyclic) bond motifs is 2. The Hall–Kier alpha value is -4.75. The minimum absolute atomic E-state index is 0.157. The number of allylic oxidation sites excluding steroid dienone is 2. The van der Waals surface area contributed by atoms with Crippen LogP contribution >= 0.6 is 0 Å². The van der Waals surface area contributed by atoms with Crippen LogP contribution in [0.5, 0.6) is 0 Å². The van der Waals surface area contributed by atoms with Crippen molar-refractivity contribution in [3.63, 3.8) is 0 Å². The summed E-state index contributed by atoms with van der Waals surface area (Å²) in [6.45, 7) is 10.1. The number of nitrogens with zero attached hydrogens (tertiary/aromatic N) is 2. The van der Waals surface area contributed by atoms with Gasteiger partial charge < -0.3 is 16.2 Å². The standard InChI is InChI=1S/C32H30N4O3/c1-19-12-13-21(32(3,4)39)16-17-34-29-25(30(33)37)15-14-23(28(19)29)22-9-7-11-27(20(22)2)36-18-35-26-10-6-5-8-24(26)31(36)38/h5-16,18,34,39H,1,17H2,2-4H3,(H2,33,37)/b13-12-,21-16+. The maximum absolute atomic E-state index is 13.4. The van der Waals surface area contributed by atoms with Gasteiger partial charge in [-0.2, -0.15) is 0 Å². The Morgan fingerprint density at radius 2 is 1.85 bits per heavy atom. The Morgan fingerprint density at radius 1 is 1.08 bits per heavy atom. The maximum atomic E-state index is 13.4. The zero-order chi connectivity index (χ0) is 27.9. The molecule has 196 valence electrons. The van der Waals surface area contributed by atoms with Crippen molar-refractivity contribution in [2.75, 3.05) is 11.9 Å². The summed E-state index contributed by atoms with van der Waals surface area (Å²) in [6, 6.07) is 16.6. The number of hydrogen-bond acceptors (Lipinski definition) is 5. The number of benzene rings is 3. The van der Waals surface area contributed by atoms with Crippen LogP contribution in [-0.2, 0) is 0 Å². The lowest BCUT2D eigenvalue weighted by molar-refractivity contribution is 0.100. The fraction of sp³-hybridized carbons (Fsp3) is 0.156. The third-order valence-corrected chi connectivity index (χ3v) is 7.08. The van der Waals surface area contributed by atoms with Crippen LogP contribution in [0.4, 0.5) is 5.69 Å². The number of anilines is 1. The van der Waals surface area contributed by atoms with Crippen LogP contribution in [0.15, 0.2) is 96.1 Å². The molecule has 0 unspecified atom stereocenters. The fourth-order valence-electron chi connectivity index (χ4n) is 5.03. The molecular weight excluding hydrogens is 488 g/mol. The molecule has 0 spiro atoms. The predicted molar refractivity (Wildman–Crippen MR) is 157 cm³/mol. The van der Waals surface area contributed by atoms with Gasteiger partial charge >= 0.3 is 0 Å². The number of aliphatic hydroxyl groups is 1. The zero-order valence-electron chi connectivity index (χ0n) is 22.2. The lowest BCUT2D eigenvalue weighted by atomic mass is 9.88. The molecule has 0 fully saturated rings. The number of hydrogen-bond donors (Lipinski definition) is 3. The number of amides is 1. The number of nitrogens with one attached hydrogen (secondary N) is 1. The number of primary amides is 1. The van der Waals surface area contributed by atoms with E-state index in [1.165, 1.54) is 0 Å². The highest BCUT2D eigenvalue weighted by Crippen LogP contribution is 2.40. The minimum Gasteiger partial charge on any atom is -0.386 e. The summed E-state index contributed by atoms with van der Waals surface area (Å²) >= 11 is 0. The number of carbonyl (C=O) groups excluding carboxylic acids is 1. The second-order valence-electron chi connectivity index (χ2n) is 10.1. The molecule has 0 saturated carbocycles. The van der Waals surface area contributed by atoms with Crippen LogP contribution < -0.4 is 16.6 Å². The van der Waals surface area contributed by atoms with Gasteiger partial charge in [-0.1, -0.05) is 55.1 Å². The van der Waals surface area contributed by atoms with Crippen molar-refractivity contribution in [3.05, 3.63) is 118 Å². The van der Waals surface area contributed by atoms with Gasteiger partial charge in [-0.25, -0.2) is 4.98 Å². The van der Waals surface area contributed by atoms with Crippen LogP contribution in [0.25, 0.3) is 33.3 Å². The molecule has 0 aliphatic carbocycles. The van der Waals surface area contributed by atoms with Crippen molar-refractivity contribution >= 4 is 28.1 Å². The number of para-hydroxylation sites is 1. The largest absolute Gasteiger partial charge is 0.386 e. The van der Waals surface area contributed by atoms with Crippen molar-refractivity contribution in [1.82, 2.24) is 9.55 Å². The normalized spacial score (nSPS) is 15.8. The molecule has 0 atom stereocenters. The molecule has 1 aliphatic rings. The van der Waals surface area contributed by atoms with Gasteiger partial charge in [0.05, 0.1) is 33.4 Å². The van der Waals surface area contributed by atoms with E-state index in [0.717, 1.165) is 22.3 Å². The summed E-state index contributed by atoms with van der Waals surface area (Å²) in [6.07, 6.45) is 7.10. The van der Waals surface area contributed by atoms with Gasteiger partial charge in [-0.05, 0) is 72.9 Å². The van der Waals surface area contributed by atoms with Gasteiger partial charge in [0.2, 0.25) is 0 Å². The van der Waals surface area contributed by atoms with E-state index < -0.39 is 11.5 Å². The first kappa shape index (κ1) is 25.9. The average molecular weight is 519 g/mol. The summed E-state index contributed by atoms with van der Waals surface area (Å²) in [5.74, 6) is -0.563. The Balaban J connectivity index is 1.73. The van der Waals surface area contributed by atoms with Gasteiger partial charge in [-0.3, -0.25) is 14.2 Å². The molecule has 1 aromatic heterocycles. The van der Waals surface area contributed by atoms with Gasteiger partial charge in [0, 0.05) is 12.1 Å². The van der Waals surface area contributed by atoms with E-state index in [9.17, 15) is 14.7 Å². The highest BCUT2D eigenvalue weighted by atomic mass is 16.3. The summed E-state index contributed by atoms with van der Waals surface area (Å²) in [5, 5.41) is 14.5. The smallest absolute Gasteiger partial charge is 0.265 e. The van der Waals surface area contributed by atoms with Crippen LogP contribution in [0.2, 0.25) is 0 Å². The van der Waals surface area contributed by atoms with E-state index in [1.807, 2.05) is 67.6 Å². The molecular formula is C32H30N4O3. The second-order valence-corrected chi connectivity index (χ2v) is 10.1. The van der Waals surface area contributed by atoms with Crippen LogP contribution in [0.3, 0.4) is 0 Å². The third kappa shape index (κ3) is 4.69. The molecule has 1 amide bonds. The van der Waals surface area contributed by atoms with E-state index in [-0.39, 0.29) is 5.56 Å². The SMILES string of the molecule is C=C1/C=C\C(C(C)(C)O)=C/CNc2c(C(N)=O)ccc(-c3cccc(-n4cnc5ccccc5c4=O)c3C)c21. The van der Waals surface area contributed by atoms with E-state index in [2.05, 4.69) is 16.9 Å². The highest BCUT2D eigenvalue weighted by molar-refractivity contribution is 6.05. The molecule has 4 aromatic rings. The van der Waals surface area contributed by atoms with Crippen molar-refractivity contribution in [1.29, 1.82) is 0 Å². The molecule has 2 heterocycles. The highest BCUT2D eigenvalue weighted by Gasteiger charge is 2.23. The number of rotatable bonds is 4. The Labute approximate surface area is 226 Å². The average Bonchev–Trinajstić information content (AvgIpc) is 2.98. The topological polar surface area (TPSA) is 110 Å². The lowest BCUT2D eigenvalue weighted by Gasteiger charge is -2.21. The Bertz CT molecular complexity index is 1770. The van der Waals surface area contributed by atoms with Crippen molar-refractivity contribution in [2.45, 2.75) is 26.4 Å². The molecule has 5 rings (SSSR count). The number of aromatic nitrogens is 2. The van der Waals surface area contributed by atoms with E-state index >= 15 is 0 Å². The Morgan fingerprint density at radius 3 is 2.59 bits per heavy atom. The molecule has 7 heteroatoms. The molecule has 0 radical (unpaired) electrons. The van der Waals surface area contributed by atoms with Crippen molar-refractivity contribution in [2.24, 2.45) is 5.73 Å². The van der Waals surface area contributed by atoms with Gasteiger partial charge in [-0.15, -0.1) is 0 Å². The van der Waals surface area contributed by atoms with E-state index in [4.69, 9.17) is 5.73 Å². The molecule has 7 nitrogen and oxygen atoms in total. The monoisotopic (exact) mass is 518 g/mol. The van der Waals surface area contributed by atoms with Gasteiger partial charge in [0.25, 0.3) is 11.5 Å². The molecule has 0 saturated heterocycles. The maximum Gasteiger partial charge on any atom is 0.265 e. The van der Waals surface area contributed by atoms with Crippen LogP contribution in [0.1, 0.15) is 35.3 Å². The molecule has 0 bridgehead atoms. The van der Waals surface area contributed by atoms with Crippen molar-refractivity contribution in [3.8, 4) is 16.8 Å². The second kappa shape index (κ2) is 9.85. The fourth-order valence-corrected chi connectivity index (χ4v) is 5.03. The number of carbonyl (C=O) groups is 1. The molecule has 3 aromatic carbocycles. The third-order valence-electron chi connectivity index (χ3n) is 7.08. The summed E-state index contributed by atoms with van der Waals surface area (Å²) in [4.78, 5) is 30.3. The molecule has 1 aliphatic heterocycles. The van der Waals surface area contributed by atoms with Gasteiger partial charge in [0.1, 0.15) is 6.33 Å². The van der Waals surface area contributed by atoms with Crippen molar-refractivity contribution < 1.29 is 9.90 Å². The van der Waals surface area contributed by atoms with Crippen LogP contribution in [-0.4, -0.2) is 32.7 Å². The van der Waals surface area contributed by atoms with Gasteiger partial charge in [0.15, 0.2) is 0 Å². The van der Waals surface area contributed by atoms with E-state index in [1.54, 1.807) is 36.9 Å². The Kier molecular flexibility index (Phi) is 6.54. The summed E-state index contributed by atoms with van der Waals surface area (Å²) in [5.41, 5.74) is 11.4. The molecule has 4 N–H and O–H groups in total. The predicted octanol–water partition coefficient (Wildman–Crippen LogP) is 5.15. The quantitative estimate of drug-likeness (QED) is 0.346. The first-order valence-electron chi connectivity index (χ1n) is 12.7.